The fraction of sp³-hybridized carbons (Fsp3) is 0.588. The van der Waals surface area contributed by atoms with Crippen molar-refractivity contribution in [1.29, 1.82) is 0 Å². The number of aliphatic hydroxyl groups excluding tert-OH is 1. The van der Waals surface area contributed by atoms with Crippen LogP contribution >= 0.6 is 0 Å². The van der Waals surface area contributed by atoms with Crippen LogP contribution in [-0.2, 0) is 4.79 Å². The summed E-state index contributed by atoms with van der Waals surface area (Å²) in [6.07, 6.45) is -4.78. The Bertz CT molecular complexity index is 606. The molecule has 2 aliphatic heterocycles. The van der Waals surface area contributed by atoms with Crippen LogP contribution in [0.5, 0.6) is 0 Å². The summed E-state index contributed by atoms with van der Waals surface area (Å²) in [7, 11) is 0. The van der Waals surface area contributed by atoms with Crippen LogP contribution in [0.15, 0.2) is 24.3 Å². The SMILES string of the molecule is O=C1CCCN1CC[C@H]1CN(C[C@H](O)C(F)(F)F)c2ccccc21. The van der Waals surface area contributed by atoms with Gasteiger partial charge in [0.2, 0.25) is 5.91 Å². The zero-order chi connectivity index (χ0) is 17.3. The van der Waals surface area contributed by atoms with Gasteiger partial charge in [0.05, 0.1) is 6.54 Å². The summed E-state index contributed by atoms with van der Waals surface area (Å²) in [6, 6.07) is 7.37. The fourth-order valence-corrected chi connectivity index (χ4v) is 3.57. The first-order valence-electron chi connectivity index (χ1n) is 8.22. The second-order valence-corrected chi connectivity index (χ2v) is 6.49. The third-order valence-corrected chi connectivity index (χ3v) is 4.85. The second kappa shape index (κ2) is 6.63. The minimum atomic E-state index is -4.62. The van der Waals surface area contributed by atoms with Crippen molar-refractivity contribution in [3.05, 3.63) is 29.8 Å². The first-order chi connectivity index (χ1) is 11.4. The Morgan fingerprint density at radius 2 is 2.00 bits per heavy atom. The van der Waals surface area contributed by atoms with Gasteiger partial charge >= 0.3 is 6.18 Å². The van der Waals surface area contributed by atoms with Gasteiger partial charge in [-0.1, -0.05) is 18.2 Å². The molecule has 1 N–H and O–H groups in total. The molecule has 1 fully saturated rings. The molecule has 1 saturated heterocycles. The molecule has 0 spiro atoms. The molecule has 2 atom stereocenters. The molecule has 24 heavy (non-hydrogen) atoms. The minimum absolute atomic E-state index is 0.0787. The van der Waals surface area contributed by atoms with Crippen molar-refractivity contribution in [2.75, 3.05) is 31.1 Å². The van der Waals surface area contributed by atoms with E-state index in [1.54, 1.807) is 17.0 Å². The van der Waals surface area contributed by atoms with Gasteiger partial charge in [-0.25, -0.2) is 0 Å². The first kappa shape index (κ1) is 17.1. The predicted molar refractivity (Wildman–Crippen MR) is 83.9 cm³/mol. The largest absolute Gasteiger partial charge is 0.416 e. The molecule has 3 rings (SSSR count). The van der Waals surface area contributed by atoms with Gasteiger partial charge in [-0.2, -0.15) is 13.2 Å². The average molecular weight is 342 g/mol. The molecule has 0 saturated carbocycles. The second-order valence-electron chi connectivity index (χ2n) is 6.49. The zero-order valence-corrected chi connectivity index (χ0v) is 13.3. The van der Waals surface area contributed by atoms with Crippen LogP contribution in [0.1, 0.15) is 30.7 Å². The molecule has 2 heterocycles. The van der Waals surface area contributed by atoms with Crippen molar-refractivity contribution in [1.82, 2.24) is 4.90 Å². The van der Waals surface area contributed by atoms with E-state index >= 15 is 0 Å². The van der Waals surface area contributed by atoms with Crippen LogP contribution in [0, 0.1) is 0 Å². The molecule has 1 aromatic carbocycles. The van der Waals surface area contributed by atoms with Crippen LogP contribution in [0.25, 0.3) is 0 Å². The number of β-amino-alcohol motifs (C(OH)–C–C–N with tert-alkyl or cyclic N) is 1. The van der Waals surface area contributed by atoms with E-state index in [0.29, 0.717) is 19.5 Å². The number of aliphatic hydroxyl groups is 1. The van der Waals surface area contributed by atoms with Crippen LogP contribution in [0.4, 0.5) is 18.9 Å². The van der Waals surface area contributed by atoms with Gasteiger partial charge in [-0.05, 0) is 24.5 Å². The average Bonchev–Trinajstić information content (AvgIpc) is 3.09. The van der Waals surface area contributed by atoms with E-state index in [-0.39, 0.29) is 11.8 Å². The number of carbonyl (C=O) groups excluding carboxylic acids is 1. The van der Waals surface area contributed by atoms with E-state index in [4.69, 9.17) is 0 Å². The van der Waals surface area contributed by atoms with Gasteiger partial charge in [0.15, 0.2) is 6.10 Å². The van der Waals surface area contributed by atoms with Crippen LogP contribution in [0.3, 0.4) is 0 Å². The Hall–Kier alpha value is -1.76. The van der Waals surface area contributed by atoms with E-state index in [9.17, 15) is 23.1 Å². The maximum atomic E-state index is 12.7. The lowest BCUT2D eigenvalue weighted by Gasteiger charge is -2.25. The van der Waals surface area contributed by atoms with Crippen molar-refractivity contribution in [3.63, 3.8) is 0 Å². The lowest BCUT2D eigenvalue weighted by Crippen LogP contribution is -2.40. The van der Waals surface area contributed by atoms with Crippen molar-refractivity contribution in [2.45, 2.75) is 37.5 Å². The molecule has 1 amide bonds. The maximum Gasteiger partial charge on any atom is 0.416 e. The summed E-state index contributed by atoms with van der Waals surface area (Å²) in [6.45, 7) is 1.38. The molecule has 0 radical (unpaired) electrons. The fourth-order valence-electron chi connectivity index (χ4n) is 3.57. The van der Waals surface area contributed by atoms with Crippen molar-refractivity contribution in [2.24, 2.45) is 0 Å². The Morgan fingerprint density at radius 3 is 2.67 bits per heavy atom. The number of carbonyl (C=O) groups is 1. The molecular weight excluding hydrogens is 321 g/mol. The normalized spacial score (nSPS) is 22.2. The summed E-state index contributed by atoms with van der Waals surface area (Å²) in [5.41, 5.74) is 1.75. The molecule has 0 unspecified atom stereocenters. The number of benzene rings is 1. The Kier molecular flexibility index (Phi) is 4.71. The zero-order valence-electron chi connectivity index (χ0n) is 13.3. The Morgan fingerprint density at radius 1 is 1.25 bits per heavy atom. The summed E-state index contributed by atoms with van der Waals surface area (Å²) in [5, 5.41) is 9.38. The number of likely N-dealkylation sites (tertiary alicyclic amines) is 1. The Labute approximate surface area is 138 Å². The number of hydrogen-bond donors (Lipinski definition) is 1. The molecule has 2 aliphatic rings. The Balaban J connectivity index is 1.68. The molecule has 4 nitrogen and oxygen atoms in total. The quantitative estimate of drug-likeness (QED) is 0.894. The third-order valence-electron chi connectivity index (χ3n) is 4.85. The number of amides is 1. The summed E-state index contributed by atoms with van der Waals surface area (Å²) in [4.78, 5) is 15.1. The van der Waals surface area contributed by atoms with Crippen molar-refractivity contribution < 1.29 is 23.1 Å². The van der Waals surface area contributed by atoms with E-state index in [1.165, 1.54) is 0 Å². The molecule has 0 aromatic heterocycles. The monoisotopic (exact) mass is 342 g/mol. The van der Waals surface area contributed by atoms with Crippen LogP contribution < -0.4 is 4.90 Å². The van der Waals surface area contributed by atoms with Gasteiger partial charge in [0.1, 0.15) is 0 Å². The topological polar surface area (TPSA) is 43.8 Å². The predicted octanol–water partition coefficient (Wildman–Crippen LogP) is 2.53. The number of fused-ring (bicyclic) bond motifs is 1. The lowest BCUT2D eigenvalue weighted by atomic mass is 9.98. The number of nitrogens with zero attached hydrogens (tertiary/aromatic N) is 2. The highest BCUT2D eigenvalue weighted by Gasteiger charge is 2.41. The van der Waals surface area contributed by atoms with E-state index in [2.05, 4.69) is 0 Å². The molecule has 0 aliphatic carbocycles. The van der Waals surface area contributed by atoms with Gasteiger partial charge in [0.25, 0.3) is 0 Å². The van der Waals surface area contributed by atoms with Gasteiger partial charge in [-0.3, -0.25) is 4.79 Å². The van der Waals surface area contributed by atoms with E-state index < -0.39 is 18.8 Å². The van der Waals surface area contributed by atoms with E-state index in [1.807, 2.05) is 17.0 Å². The number of hydrogen-bond acceptors (Lipinski definition) is 3. The molecule has 132 valence electrons. The summed E-state index contributed by atoms with van der Waals surface area (Å²) >= 11 is 0. The van der Waals surface area contributed by atoms with E-state index in [0.717, 1.165) is 30.6 Å². The van der Waals surface area contributed by atoms with Crippen molar-refractivity contribution >= 4 is 11.6 Å². The highest BCUT2D eigenvalue weighted by Crippen LogP contribution is 2.39. The number of para-hydroxylation sites is 1. The number of halogens is 3. The number of rotatable bonds is 5. The van der Waals surface area contributed by atoms with Crippen LogP contribution in [-0.4, -0.2) is 54.4 Å². The molecule has 7 heteroatoms. The highest BCUT2D eigenvalue weighted by atomic mass is 19.4. The maximum absolute atomic E-state index is 12.7. The standard InChI is InChI=1S/C17H21F3N2O2/c18-17(19,20)15(23)11-22-10-12(13-4-1-2-5-14(13)22)7-9-21-8-3-6-16(21)24/h1-2,4-5,12,15,23H,3,6-11H2/t12-,15-/m0/s1. The molecular formula is C17H21F3N2O2. The van der Waals surface area contributed by atoms with Gasteiger partial charge in [-0.15, -0.1) is 0 Å². The lowest BCUT2D eigenvalue weighted by molar-refractivity contribution is -0.200. The third kappa shape index (κ3) is 3.50. The molecule has 0 bridgehead atoms. The highest BCUT2D eigenvalue weighted by molar-refractivity contribution is 5.78. The summed E-state index contributed by atoms with van der Waals surface area (Å²) < 4.78 is 38.0. The number of anilines is 1. The van der Waals surface area contributed by atoms with Gasteiger partial charge < -0.3 is 14.9 Å². The van der Waals surface area contributed by atoms with Crippen molar-refractivity contribution in [3.8, 4) is 0 Å². The minimum Gasteiger partial charge on any atom is -0.382 e. The number of alkyl halides is 3. The smallest absolute Gasteiger partial charge is 0.382 e. The molecule has 1 aromatic rings. The summed E-state index contributed by atoms with van der Waals surface area (Å²) in [5.74, 6) is 0.237. The van der Waals surface area contributed by atoms with Gasteiger partial charge in [0, 0.05) is 37.7 Å². The van der Waals surface area contributed by atoms with Crippen LogP contribution in [0.2, 0.25) is 0 Å². The first-order valence-corrected chi connectivity index (χ1v) is 8.22.